The molecule has 0 saturated heterocycles. The third-order valence-corrected chi connectivity index (χ3v) is 3.02. The molecule has 17 heavy (non-hydrogen) atoms. The summed E-state index contributed by atoms with van der Waals surface area (Å²) in [7, 11) is 0. The Morgan fingerprint density at radius 2 is 2.00 bits per heavy atom. The largest absolute Gasteiger partial charge is 0.396 e. The lowest BCUT2D eigenvalue weighted by atomic mass is 10.0. The van der Waals surface area contributed by atoms with Gasteiger partial charge in [0.1, 0.15) is 0 Å². The molecular formula is C14H23NO2. The summed E-state index contributed by atoms with van der Waals surface area (Å²) in [5.74, 6) is 0. The quantitative estimate of drug-likeness (QED) is 0.667. The highest BCUT2D eigenvalue weighted by Gasteiger charge is 2.05. The third-order valence-electron chi connectivity index (χ3n) is 3.02. The number of aliphatic hydroxyl groups excluding tert-OH is 2. The number of nitrogens with one attached hydrogen (secondary N) is 1. The van der Waals surface area contributed by atoms with Crippen LogP contribution in [-0.4, -0.2) is 36.0 Å². The van der Waals surface area contributed by atoms with Crippen molar-refractivity contribution in [2.75, 3.05) is 19.8 Å². The Kier molecular flexibility index (Phi) is 6.19. The van der Waals surface area contributed by atoms with Gasteiger partial charge >= 0.3 is 0 Å². The molecule has 1 aromatic carbocycles. The molecule has 0 amide bonds. The molecule has 1 unspecified atom stereocenters. The second kappa shape index (κ2) is 7.43. The van der Waals surface area contributed by atoms with E-state index in [0.717, 1.165) is 13.0 Å². The van der Waals surface area contributed by atoms with Crippen molar-refractivity contribution in [2.45, 2.75) is 32.7 Å². The van der Waals surface area contributed by atoms with E-state index in [1.54, 1.807) is 0 Å². The van der Waals surface area contributed by atoms with E-state index in [2.05, 4.69) is 37.4 Å². The van der Waals surface area contributed by atoms with Gasteiger partial charge in [0.25, 0.3) is 0 Å². The van der Waals surface area contributed by atoms with Crippen LogP contribution in [0.3, 0.4) is 0 Å². The molecule has 96 valence electrons. The van der Waals surface area contributed by atoms with E-state index in [-0.39, 0.29) is 19.3 Å². The molecule has 0 saturated carbocycles. The molecule has 3 nitrogen and oxygen atoms in total. The van der Waals surface area contributed by atoms with Crippen LogP contribution in [-0.2, 0) is 6.42 Å². The molecule has 1 aromatic rings. The summed E-state index contributed by atoms with van der Waals surface area (Å²) >= 11 is 0. The number of aliphatic hydroxyl groups is 2. The first-order valence-corrected chi connectivity index (χ1v) is 6.18. The molecule has 3 heteroatoms. The molecule has 0 spiro atoms. The SMILES string of the molecule is Cc1ccc(CCNC(CO)CCO)c(C)c1. The standard InChI is InChI=1S/C14H23NO2/c1-11-3-4-13(12(2)9-11)5-7-15-14(10-17)6-8-16/h3-4,9,14-17H,5-8,10H2,1-2H3. The maximum atomic E-state index is 9.07. The van der Waals surface area contributed by atoms with Crippen molar-refractivity contribution in [3.05, 3.63) is 34.9 Å². The van der Waals surface area contributed by atoms with Gasteiger partial charge in [0.2, 0.25) is 0 Å². The summed E-state index contributed by atoms with van der Waals surface area (Å²) in [5, 5.41) is 21.1. The average Bonchev–Trinajstić information content (AvgIpc) is 2.30. The van der Waals surface area contributed by atoms with Crippen molar-refractivity contribution in [2.24, 2.45) is 0 Å². The molecule has 1 atom stereocenters. The minimum Gasteiger partial charge on any atom is -0.396 e. The Balaban J connectivity index is 2.39. The molecule has 1 rings (SSSR count). The number of hydrogen-bond donors (Lipinski definition) is 3. The Morgan fingerprint density at radius 3 is 2.59 bits per heavy atom. The molecule has 0 aliphatic rings. The van der Waals surface area contributed by atoms with Crippen LogP contribution in [0.4, 0.5) is 0 Å². The zero-order chi connectivity index (χ0) is 12.7. The minimum absolute atomic E-state index is 0.00533. The lowest BCUT2D eigenvalue weighted by molar-refractivity contribution is 0.201. The zero-order valence-electron chi connectivity index (χ0n) is 10.7. The Morgan fingerprint density at radius 1 is 1.24 bits per heavy atom. The first kappa shape index (κ1) is 14.2. The normalized spacial score (nSPS) is 12.7. The smallest absolute Gasteiger partial charge is 0.0585 e. The Hall–Kier alpha value is -0.900. The van der Waals surface area contributed by atoms with Crippen LogP contribution >= 0.6 is 0 Å². The maximum absolute atomic E-state index is 9.07. The summed E-state index contributed by atoms with van der Waals surface area (Å²) in [5.41, 5.74) is 3.94. The van der Waals surface area contributed by atoms with Crippen molar-refractivity contribution in [3.8, 4) is 0 Å². The third kappa shape index (κ3) is 4.86. The highest BCUT2D eigenvalue weighted by Crippen LogP contribution is 2.10. The van der Waals surface area contributed by atoms with Crippen LogP contribution in [0.25, 0.3) is 0 Å². The molecular weight excluding hydrogens is 214 g/mol. The zero-order valence-corrected chi connectivity index (χ0v) is 10.7. The lowest BCUT2D eigenvalue weighted by Crippen LogP contribution is -2.34. The Bertz CT molecular complexity index is 339. The summed E-state index contributed by atoms with van der Waals surface area (Å²) in [6, 6.07) is 6.48. The van der Waals surface area contributed by atoms with Gasteiger partial charge in [-0.1, -0.05) is 23.8 Å². The van der Waals surface area contributed by atoms with Gasteiger partial charge in [0, 0.05) is 12.6 Å². The van der Waals surface area contributed by atoms with Crippen LogP contribution in [0.2, 0.25) is 0 Å². The highest BCUT2D eigenvalue weighted by molar-refractivity contribution is 5.30. The second-order valence-corrected chi connectivity index (χ2v) is 4.53. The Labute approximate surface area is 103 Å². The van der Waals surface area contributed by atoms with Crippen molar-refractivity contribution in [1.82, 2.24) is 5.32 Å². The van der Waals surface area contributed by atoms with Gasteiger partial charge in [-0.15, -0.1) is 0 Å². The van der Waals surface area contributed by atoms with Crippen molar-refractivity contribution >= 4 is 0 Å². The van der Waals surface area contributed by atoms with E-state index in [1.807, 2.05) is 0 Å². The number of aryl methyl sites for hydroxylation is 2. The first-order valence-electron chi connectivity index (χ1n) is 6.18. The van der Waals surface area contributed by atoms with E-state index in [1.165, 1.54) is 16.7 Å². The van der Waals surface area contributed by atoms with Crippen LogP contribution < -0.4 is 5.32 Å². The monoisotopic (exact) mass is 237 g/mol. The van der Waals surface area contributed by atoms with Crippen molar-refractivity contribution in [1.29, 1.82) is 0 Å². The van der Waals surface area contributed by atoms with Crippen molar-refractivity contribution < 1.29 is 10.2 Å². The summed E-state index contributed by atoms with van der Waals surface area (Å²) in [6.07, 6.45) is 1.55. The van der Waals surface area contributed by atoms with Crippen LogP contribution in [0, 0.1) is 13.8 Å². The molecule has 3 N–H and O–H groups in total. The van der Waals surface area contributed by atoms with Crippen LogP contribution in [0.1, 0.15) is 23.1 Å². The van der Waals surface area contributed by atoms with E-state index < -0.39 is 0 Å². The molecule has 0 aliphatic heterocycles. The predicted molar refractivity (Wildman–Crippen MR) is 70.2 cm³/mol. The maximum Gasteiger partial charge on any atom is 0.0585 e. The number of benzene rings is 1. The van der Waals surface area contributed by atoms with Gasteiger partial charge < -0.3 is 15.5 Å². The van der Waals surface area contributed by atoms with E-state index in [9.17, 15) is 0 Å². The topological polar surface area (TPSA) is 52.5 Å². The fourth-order valence-electron chi connectivity index (χ4n) is 1.95. The fourth-order valence-corrected chi connectivity index (χ4v) is 1.95. The first-order chi connectivity index (χ1) is 8.17. The highest BCUT2D eigenvalue weighted by atomic mass is 16.3. The number of rotatable bonds is 7. The molecule has 0 fully saturated rings. The number of hydrogen-bond acceptors (Lipinski definition) is 3. The van der Waals surface area contributed by atoms with Gasteiger partial charge in [-0.05, 0) is 44.4 Å². The van der Waals surface area contributed by atoms with Gasteiger partial charge in [0.15, 0.2) is 0 Å². The van der Waals surface area contributed by atoms with E-state index in [4.69, 9.17) is 10.2 Å². The minimum atomic E-state index is 0.00533. The van der Waals surface area contributed by atoms with Gasteiger partial charge in [0.05, 0.1) is 6.61 Å². The average molecular weight is 237 g/mol. The second-order valence-electron chi connectivity index (χ2n) is 4.53. The van der Waals surface area contributed by atoms with Crippen molar-refractivity contribution in [3.63, 3.8) is 0 Å². The van der Waals surface area contributed by atoms with Crippen LogP contribution in [0.5, 0.6) is 0 Å². The van der Waals surface area contributed by atoms with E-state index in [0.29, 0.717) is 6.42 Å². The molecule has 0 aliphatic carbocycles. The lowest BCUT2D eigenvalue weighted by Gasteiger charge is -2.15. The fraction of sp³-hybridized carbons (Fsp3) is 0.571. The molecule has 0 bridgehead atoms. The summed E-state index contributed by atoms with van der Waals surface area (Å²) in [6.45, 7) is 5.24. The predicted octanol–water partition coefficient (Wildman–Crippen LogP) is 1.18. The van der Waals surface area contributed by atoms with Crippen LogP contribution in [0.15, 0.2) is 18.2 Å². The molecule has 0 radical (unpaired) electrons. The van der Waals surface area contributed by atoms with Gasteiger partial charge in [-0.3, -0.25) is 0 Å². The van der Waals surface area contributed by atoms with Gasteiger partial charge in [-0.2, -0.15) is 0 Å². The molecule has 0 heterocycles. The summed E-state index contributed by atoms with van der Waals surface area (Å²) < 4.78 is 0. The van der Waals surface area contributed by atoms with E-state index >= 15 is 0 Å². The summed E-state index contributed by atoms with van der Waals surface area (Å²) in [4.78, 5) is 0. The molecule has 0 aromatic heterocycles. The van der Waals surface area contributed by atoms with Gasteiger partial charge in [-0.25, -0.2) is 0 Å².